The summed E-state index contributed by atoms with van der Waals surface area (Å²) in [6.07, 6.45) is 0.349. The summed E-state index contributed by atoms with van der Waals surface area (Å²) in [5, 5.41) is 9.22. The van der Waals surface area contributed by atoms with E-state index in [1.807, 2.05) is 4.90 Å². The van der Waals surface area contributed by atoms with Crippen LogP contribution in [-0.2, 0) is 32.5 Å². The molecule has 4 heterocycles. The van der Waals surface area contributed by atoms with Crippen molar-refractivity contribution in [3.8, 4) is 11.8 Å². The monoisotopic (exact) mass is 672 g/mol. The summed E-state index contributed by atoms with van der Waals surface area (Å²) < 4.78 is 41.1. The molecule has 5 amide bonds. The number of hydrogen-bond acceptors (Lipinski definition) is 7. The van der Waals surface area contributed by atoms with Crippen molar-refractivity contribution < 1.29 is 37.1 Å². The van der Waals surface area contributed by atoms with Crippen molar-refractivity contribution >= 4 is 40.9 Å². The summed E-state index contributed by atoms with van der Waals surface area (Å²) in [5.41, 5.74) is 0.217. The average molecular weight is 673 g/mol. The minimum Gasteiger partial charge on any atom is -0.369 e. The molecule has 0 spiro atoms. The number of carbonyl (C=O) groups is 5. The van der Waals surface area contributed by atoms with Crippen molar-refractivity contribution in [2.45, 2.75) is 50.9 Å². The maximum absolute atomic E-state index is 13.3. The van der Waals surface area contributed by atoms with E-state index in [4.69, 9.17) is 0 Å². The van der Waals surface area contributed by atoms with E-state index in [0.717, 1.165) is 22.7 Å². The Hall–Kier alpha value is -5.71. The van der Waals surface area contributed by atoms with Crippen LogP contribution in [0.15, 0.2) is 61.4 Å². The Kier molecular flexibility index (Phi) is 8.39. The van der Waals surface area contributed by atoms with Crippen LogP contribution in [0.2, 0.25) is 0 Å². The van der Waals surface area contributed by atoms with Gasteiger partial charge in [0.2, 0.25) is 11.8 Å². The number of carbonyl (C=O) groups excluding carboxylic acids is 5. The maximum atomic E-state index is 13.3. The smallest absolute Gasteiger partial charge is 0.369 e. The predicted molar refractivity (Wildman–Crippen MR) is 171 cm³/mol. The summed E-state index contributed by atoms with van der Waals surface area (Å²) in [4.78, 5) is 66.2. The first-order chi connectivity index (χ1) is 23.2. The van der Waals surface area contributed by atoms with Gasteiger partial charge in [0.05, 0.1) is 34.4 Å². The highest BCUT2D eigenvalue weighted by atomic mass is 19.4. The lowest BCUT2D eigenvalue weighted by Gasteiger charge is -2.38. The Labute approximate surface area is 279 Å². The van der Waals surface area contributed by atoms with Gasteiger partial charge in [-0.1, -0.05) is 17.9 Å². The highest BCUT2D eigenvalue weighted by Crippen LogP contribution is 2.34. The molecule has 1 aromatic heterocycles. The van der Waals surface area contributed by atoms with Crippen LogP contribution in [0.5, 0.6) is 0 Å². The molecule has 11 nitrogen and oxygen atoms in total. The highest BCUT2D eigenvalue weighted by molar-refractivity contribution is 6.23. The van der Waals surface area contributed by atoms with Crippen LogP contribution in [0.4, 0.5) is 24.5 Å². The molecule has 49 heavy (non-hydrogen) atoms. The fraction of sp³-hybridized carbons (Fsp3) is 0.314. The molecular formula is C35H31F3N6O5. The van der Waals surface area contributed by atoms with E-state index in [1.165, 1.54) is 23.0 Å². The molecule has 0 aliphatic carbocycles. The Balaban J connectivity index is 1.08. The zero-order valence-electron chi connectivity index (χ0n) is 26.6. The van der Waals surface area contributed by atoms with E-state index in [9.17, 15) is 37.1 Å². The maximum Gasteiger partial charge on any atom is 0.416 e. The molecule has 6 rings (SSSR count). The largest absolute Gasteiger partial charge is 0.416 e. The molecule has 1 atom stereocenters. The average Bonchev–Trinajstić information content (AvgIpc) is 3.60. The van der Waals surface area contributed by atoms with Crippen LogP contribution in [-0.4, -0.2) is 63.3 Å². The molecule has 3 aromatic rings. The van der Waals surface area contributed by atoms with Gasteiger partial charge in [0.1, 0.15) is 11.6 Å². The number of hydrogen-bond donors (Lipinski definition) is 2. The number of halogens is 3. The number of piperidine rings is 1. The van der Waals surface area contributed by atoms with Gasteiger partial charge in [-0.15, -0.1) is 6.58 Å². The lowest BCUT2D eigenvalue weighted by atomic mass is 9.98. The predicted octanol–water partition coefficient (Wildman–Crippen LogP) is 3.89. The van der Waals surface area contributed by atoms with Crippen molar-refractivity contribution in [3.05, 3.63) is 89.3 Å². The molecule has 2 saturated heterocycles. The lowest BCUT2D eigenvalue weighted by molar-refractivity contribution is -0.138. The molecule has 0 saturated carbocycles. The topological polar surface area (TPSA) is 134 Å². The number of allylic oxidation sites excluding steroid dienone is 1. The van der Waals surface area contributed by atoms with Gasteiger partial charge in [0, 0.05) is 37.1 Å². The van der Waals surface area contributed by atoms with Gasteiger partial charge >= 0.3 is 6.18 Å². The number of aromatic nitrogens is 2. The second-order valence-electron chi connectivity index (χ2n) is 12.6. The van der Waals surface area contributed by atoms with E-state index in [1.54, 1.807) is 38.2 Å². The summed E-state index contributed by atoms with van der Waals surface area (Å²) in [6, 6.07) is 7.05. The SMILES string of the molecule is C=CCc1cc(C(F)(F)F)ccc1NC(=O)C(C)(C)n1cc(C#CC2CN(c3ccc4c(c3)C(=O)N(C3CCC(=O)NC3=O)C4=O)C2)cn1. The quantitative estimate of drug-likeness (QED) is 0.221. The van der Waals surface area contributed by atoms with Crippen LogP contribution in [0.25, 0.3) is 0 Å². The van der Waals surface area contributed by atoms with Crippen molar-refractivity contribution in [2.75, 3.05) is 23.3 Å². The van der Waals surface area contributed by atoms with E-state index < -0.39 is 52.9 Å². The Morgan fingerprint density at radius 2 is 1.82 bits per heavy atom. The van der Waals surface area contributed by atoms with Crippen molar-refractivity contribution in [2.24, 2.45) is 5.92 Å². The van der Waals surface area contributed by atoms with Gasteiger partial charge in [-0.05, 0) is 68.7 Å². The standard InChI is InChI=1S/C35H31F3N6O5/c1-4-5-22-14-23(35(36,37)38)8-11-27(22)40-33(49)34(2,3)43-19-20(16-39-43)6-7-21-17-42(18-21)24-9-10-25-26(15-24)32(48)44(31(25)47)28-12-13-29(45)41-30(28)46/h4,8-11,14-16,19,21,28H,1,5,12-13,17-18H2,2-3H3,(H,40,49)(H,41,45,46). The van der Waals surface area contributed by atoms with Gasteiger partial charge in [-0.3, -0.25) is 38.9 Å². The molecule has 3 aliphatic rings. The number of alkyl halides is 3. The van der Waals surface area contributed by atoms with Crippen LogP contribution in [0, 0.1) is 17.8 Å². The second kappa shape index (κ2) is 12.4. The molecule has 2 fully saturated rings. The Bertz CT molecular complexity index is 1980. The highest BCUT2D eigenvalue weighted by Gasteiger charge is 2.45. The summed E-state index contributed by atoms with van der Waals surface area (Å²) in [5.74, 6) is 3.54. The molecule has 252 valence electrons. The number of amides is 5. The fourth-order valence-corrected chi connectivity index (χ4v) is 5.91. The third-order valence-electron chi connectivity index (χ3n) is 8.85. The Morgan fingerprint density at radius 1 is 1.08 bits per heavy atom. The molecule has 1 unspecified atom stereocenters. The molecule has 3 aliphatic heterocycles. The number of benzene rings is 2. The minimum absolute atomic E-state index is 0.00633. The minimum atomic E-state index is -4.52. The Morgan fingerprint density at radius 3 is 2.51 bits per heavy atom. The molecule has 14 heteroatoms. The van der Waals surface area contributed by atoms with Crippen molar-refractivity contribution in [1.82, 2.24) is 20.0 Å². The van der Waals surface area contributed by atoms with E-state index in [0.29, 0.717) is 18.7 Å². The van der Waals surface area contributed by atoms with Crippen molar-refractivity contribution in [1.29, 1.82) is 0 Å². The van der Waals surface area contributed by atoms with Crippen LogP contribution in [0.1, 0.15) is 64.1 Å². The van der Waals surface area contributed by atoms with Gasteiger partial charge in [-0.2, -0.15) is 18.3 Å². The van der Waals surface area contributed by atoms with E-state index in [-0.39, 0.29) is 47.6 Å². The third kappa shape index (κ3) is 6.31. The first kappa shape index (κ1) is 33.2. The third-order valence-corrected chi connectivity index (χ3v) is 8.85. The van der Waals surface area contributed by atoms with E-state index in [2.05, 4.69) is 34.2 Å². The molecule has 2 aromatic carbocycles. The fourth-order valence-electron chi connectivity index (χ4n) is 5.91. The number of anilines is 2. The number of nitrogens with one attached hydrogen (secondary N) is 2. The van der Waals surface area contributed by atoms with Crippen LogP contribution >= 0.6 is 0 Å². The first-order valence-corrected chi connectivity index (χ1v) is 15.5. The van der Waals surface area contributed by atoms with Crippen molar-refractivity contribution in [3.63, 3.8) is 0 Å². The zero-order chi connectivity index (χ0) is 35.2. The van der Waals surface area contributed by atoms with Gasteiger partial charge in [-0.25, -0.2) is 0 Å². The number of imide groups is 2. The molecule has 0 radical (unpaired) electrons. The molecular weight excluding hydrogens is 641 g/mol. The van der Waals surface area contributed by atoms with Crippen LogP contribution < -0.4 is 15.5 Å². The van der Waals surface area contributed by atoms with Gasteiger partial charge in [0.15, 0.2) is 0 Å². The molecule has 0 bridgehead atoms. The number of rotatable bonds is 7. The first-order valence-electron chi connectivity index (χ1n) is 15.5. The summed E-state index contributed by atoms with van der Waals surface area (Å²) >= 11 is 0. The van der Waals surface area contributed by atoms with E-state index >= 15 is 0 Å². The lowest BCUT2D eigenvalue weighted by Crippen LogP contribution is -2.54. The normalized spacial score (nSPS) is 18.0. The van der Waals surface area contributed by atoms with Gasteiger partial charge < -0.3 is 10.2 Å². The summed E-state index contributed by atoms with van der Waals surface area (Å²) in [7, 11) is 0. The number of fused-ring (bicyclic) bond motifs is 1. The zero-order valence-corrected chi connectivity index (χ0v) is 26.6. The van der Waals surface area contributed by atoms with Gasteiger partial charge in [0.25, 0.3) is 17.7 Å². The molecule has 2 N–H and O–H groups in total. The number of nitrogens with zero attached hydrogens (tertiary/aromatic N) is 4. The van der Waals surface area contributed by atoms with Crippen LogP contribution in [0.3, 0.4) is 0 Å². The summed E-state index contributed by atoms with van der Waals surface area (Å²) in [6.45, 7) is 7.99. The second-order valence-corrected chi connectivity index (χ2v) is 12.6.